The van der Waals surface area contributed by atoms with Gasteiger partial charge in [0, 0.05) is 17.2 Å². The van der Waals surface area contributed by atoms with Crippen molar-refractivity contribution in [3.8, 4) is 0 Å². The first-order valence-electron chi connectivity index (χ1n) is 9.91. The standard InChI is InChI=1S/C22H24N4O3S/c1-30-16-7-4-6-15(12-16)24-21(27)14-26-18-9-3-2-8-17(18)25-20(26)13-23-22(28)19-10-5-11-29-19/h2-4,6-9,12,19H,5,10-11,13-14H2,1H3,(H,23,28)(H,24,27). The fourth-order valence-electron chi connectivity index (χ4n) is 3.55. The number of thioether (sulfide) groups is 1. The molecule has 2 N–H and O–H groups in total. The van der Waals surface area contributed by atoms with Gasteiger partial charge in [0.1, 0.15) is 18.5 Å². The minimum absolute atomic E-state index is 0.106. The molecule has 30 heavy (non-hydrogen) atoms. The lowest BCUT2D eigenvalue weighted by Gasteiger charge is -2.13. The van der Waals surface area contributed by atoms with E-state index in [0.29, 0.717) is 12.4 Å². The number of amides is 2. The molecule has 0 saturated carbocycles. The van der Waals surface area contributed by atoms with Crippen molar-refractivity contribution in [2.75, 3.05) is 18.2 Å². The quantitative estimate of drug-likeness (QED) is 0.569. The second kappa shape index (κ2) is 9.32. The Labute approximate surface area is 179 Å². The van der Waals surface area contributed by atoms with E-state index in [-0.39, 0.29) is 24.9 Å². The molecule has 1 atom stereocenters. The maximum Gasteiger partial charge on any atom is 0.249 e. The molecule has 0 spiro atoms. The Morgan fingerprint density at radius 3 is 2.90 bits per heavy atom. The number of para-hydroxylation sites is 2. The maximum atomic E-state index is 12.7. The summed E-state index contributed by atoms with van der Waals surface area (Å²) in [5.74, 6) is 0.350. The van der Waals surface area contributed by atoms with Crippen LogP contribution in [0.25, 0.3) is 11.0 Å². The van der Waals surface area contributed by atoms with Crippen LogP contribution in [0.3, 0.4) is 0 Å². The summed E-state index contributed by atoms with van der Waals surface area (Å²) in [6.07, 6.45) is 3.24. The van der Waals surface area contributed by atoms with E-state index < -0.39 is 6.10 Å². The molecule has 1 aromatic heterocycles. The first-order chi connectivity index (χ1) is 14.6. The van der Waals surface area contributed by atoms with E-state index in [1.807, 2.05) is 59.4 Å². The molecule has 1 aliphatic heterocycles. The van der Waals surface area contributed by atoms with Crippen LogP contribution < -0.4 is 10.6 Å². The minimum atomic E-state index is -0.394. The predicted molar refractivity (Wildman–Crippen MR) is 117 cm³/mol. The monoisotopic (exact) mass is 424 g/mol. The predicted octanol–water partition coefficient (Wildman–Crippen LogP) is 3.19. The number of hydrogen-bond acceptors (Lipinski definition) is 5. The zero-order valence-electron chi connectivity index (χ0n) is 16.8. The number of ether oxygens (including phenoxy) is 1. The van der Waals surface area contributed by atoms with Gasteiger partial charge in [-0.2, -0.15) is 0 Å². The average Bonchev–Trinajstić information content (AvgIpc) is 3.41. The molecule has 0 radical (unpaired) electrons. The third-order valence-corrected chi connectivity index (χ3v) is 5.76. The average molecular weight is 425 g/mol. The van der Waals surface area contributed by atoms with Crippen LogP contribution in [0.2, 0.25) is 0 Å². The van der Waals surface area contributed by atoms with Crippen molar-refractivity contribution in [1.29, 1.82) is 0 Å². The molecule has 2 amide bonds. The number of benzene rings is 2. The number of nitrogens with one attached hydrogen (secondary N) is 2. The number of hydrogen-bond donors (Lipinski definition) is 2. The lowest BCUT2D eigenvalue weighted by Crippen LogP contribution is -2.34. The number of rotatable bonds is 7. The lowest BCUT2D eigenvalue weighted by atomic mass is 10.2. The van der Waals surface area contributed by atoms with Crippen LogP contribution in [0.1, 0.15) is 18.7 Å². The van der Waals surface area contributed by atoms with Gasteiger partial charge in [-0.3, -0.25) is 9.59 Å². The smallest absolute Gasteiger partial charge is 0.249 e. The van der Waals surface area contributed by atoms with Crippen LogP contribution in [-0.4, -0.2) is 40.3 Å². The van der Waals surface area contributed by atoms with Gasteiger partial charge in [0.05, 0.1) is 17.6 Å². The van der Waals surface area contributed by atoms with E-state index >= 15 is 0 Å². The molecule has 2 aromatic carbocycles. The van der Waals surface area contributed by atoms with Gasteiger partial charge in [0.15, 0.2) is 0 Å². The number of fused-ring (bicyclic) bond motifs is 1. The zero-order valence-corrected chi connectivity index (χ0v) is 17.6. The summed E-state index contributed by atoms with van der Waals surface area (Å²) >= 11 is 1.62. The number of nitrogens with zero attached hydrogens (tertiary/aromatic N) is 2. The molecule has 1 fully saturated rings. The van der Waals surface area contributed by atoms with E-state index in [9.17, 15) is 9.59 Å². The summed E-state index contributed by atoms with van der Waals surface area (Å²) in [7, 11) is 0. The fraction of sp³-hybridized carbons (Fsp3) is 0.318. The van der Waals surface area contributed by atoms with E-state index in [1.54, 1.807) is 11.8 Å². The summed E-state index contributed by atoms with van der Waals surface area (Å²) in [4.78, 5) is 30.8. The molecule has 1 saturated heterocycles. The highest BCUT2D eigenvalue weighted by molar-refractivity contribution is 7.98. The Balaban J connectivity index is 1.50. The molecule has 0 aliphatic carbocycles. The van der Waals surface area contributed by atoms with Crippen LogP contribution >= 0.6 is 11.8 Å². The van der Waals surface area contributed by atoms with Crippen molar-refractivity contribution in [2.45, 2.75) is 36.9 Å². The summed E-state index contributed by atoms with van der Waals surface area (Å²) < 4.78 is 7.28. The molecule has 3 aromatic rings. The maximum absolute atomic E-state index is 12.7. The van der Waals surface area contributed by atoms with Gasteiger partial charge in [-0.05, 0) is 49.4 Å². The Hall–Kier alpha value is -2.84. The van der Waals surface area contributed by atoms with Crippen molar-refractivity contribution >= 4 is 40.3 Å². The largest absolute Gasteiger partial charge is 0.368 e. The highest BCUT2D eigenvalue weighted by Crippen LogP contribution is 2.20. The first-order valence-corrected chi connectivity index (χ1v) is 11.1. The van der Waals surface area contributed by atoms with Crippen molar-refractivity contribution in [2.24, 2.45) is 0 Å². The van der Waals surface area contributed by atoms with Gasteiger partial charge in [0.2, 0.25) is 11.8 Å². The van der Waals surface area contributed by atoms with Crippen molar-refractivity contribution in [1.82, 2.24) is 14.9 Å². The van der Waals surface area contributed by atoms with E-state index in [2.05, 4.69) is 15.6 Å². The van der Waals surface area contributed by atoms with Crippen molar-refractivity contribution in [3.05, 3.63) is 54.4 Å². The molecule has 0 bridgehead atoms. The van der Waals surface area contributed by atoms with Crippen LogP contribution in [0.15, 0.2) is 53.4 Å². The number of aromatic nitrogens is 2. The van der Waals surface area contributed by atoms with Gasteiger partial charge in [-0.15, -0.1) is 11.8 Å². The summed E-state index contributed by atoms with van der Waals surface area (Å²) in [6, 6.07) is 15.4. The first kappa shape index (κ1) is 20.4. The second-order valence-electron chi connectivity index (χ2n) is 7.10. The number of imidazole rings is 1. The van der Waals surface area contributed by atoms with E-state index in [4.69, 9.17) is 4.74 Å². The third-order valence-electron chi connectivity index (χ3n) is 5.03. The van der Waals surface area contributed by atoms with E-state index in [0.717, 1.165) is 34.5 Å². The molecule has 4 rings (SSSR count). The Kier molecular flexibility index (Phi) is 6.35. The van der Waals surface area contributed by atoms with Crippen LogP contribution in [0, 0.1) is 0 Å². The summed E-state index contributed by atoms with van der Waals surface area (Å²) in [5, 5.41) is 5.85. The van der Waals surface area contributed by atoms with Crippen molar-refractivity contribution < 1.29 is 14.3 Å². The second-order valence-corrected chi connectivity index (χ2v) is 7.98. The lowest BCUT2D eigenvalue weighted by molar-refractivity contribution is -0.130. The fourth-order valence-corrected chi connectivity index (χ4v) is 4.01. The molecule has 1 aliphatic rings. The molecule has 7 nitrogen and oxygen atoms in total. The Bertz CT molecular complexity index is 1060. The molecule has 2 heterocycles. The Morgan fingerprint density at radius 1 is 1.23 bits per heavy atom. The van der Waals surface area contributed by atoms with Crippen molar-refractivity contribution in [3.63, 3.8) is 0 Å². The minimum Gasteiger partial charge on any atom is -0.368 e. The number of carbonyl (C=O) groups excluding carboxylic acids is 2. The van der Waals surface area contributed by atoms with E-state index in [1.165, 1.54) is 0 Å². The molecule has 8 heteroatoms. The van der Waals surface area contributed by atoms with Crippen LogP contribution in [0.5, 0.6) is 0 Å². The number of anilines is 1. The SMILES string of the molecule is CSc1cccc(NC(=O)Cn2c(CNC(=O)C3CCCO3)nc3ccccc32)c1. The number of carbonyl (C=O) groups is 2. The third kappa shape index (κ3) is 4.66. The molecular formula is C22H24N4O3S. The molecule has 156 valence electrons. The molecule has 1 unspecified atom stereocenters. The summed E-state index contributed by atoms with van der Waals surface area (Å²) in [5.41, 5.74) is 2.40. The van der Waals surface area contributed by atoms with Gasteiger partial charge in [-0.25, -0.2) is 4.98 Å². The van der Waals surface area contributed by atoms with Gasteiger partial charge < -0.3 is 19.9 Å². The zero-order chi connectivity index (χ0) is 20.9. The molecular weight excluding hydrogens is 400 g/mol. The van der Waals surface area contributed by atoms with Crippen LogP contribution in [-0.2, 0) is 27.4 Å². The van der Waals surface area contributed by atoms with Gasteiger partial charge >= 0.3 is 0 Å². The normalized spacial score (nSPS) is 16.0. The van der Waals surface area contributed by atoms with Crippen LogP contribution in [0.4, 0.5) is 5.69 Å². The highest BCUT2D eigenvalue weighted by Gasteiger charge is 2.24. The Morgan fingerprint density at radius 2 is 2.10 bits per heavy atom. The van der Waals surface area contributed by atoms with Gasteiger partial charge in [0.25, 0.3) is 0 Å². The summed E-state index contributed by atoms with van der Waals surface area (Å²) in [6.45, 7) is 0.965. The highest BCUT2D eigenvalue weighted by atomic mass is 32.2. The topological polar surface area (TPSA) is 85.2 Å². The van der Waals surface area contributed by atoms with Gasteiger partial charge in [-0.1, -0.05) is 18.2 Å².